The molecule has 0 aliphatic heterocycles. The lowest BCUT2D eigenvalue weighted by atomic mass is 10.0. The van der Waals surface area contributed by atoms with E-state index in [9.17, 15) is 15.0 Å². The van der Waals surface area contributed by atoms with Gasteiger partial charge in [-0.15, -0.1) is 0 Å². The molecule has 0 aromatic heterocycles. The summed E-state index contributed by atoms with van der Waals surface area (Å²) in [5.41, 5.74) is 1.23. The summed E-state index contributed by atoms with van der Waals surface area (Å²) in [4.78, 5) is 10.5. The number of aliphatic hydroxyl groups is 2. The summed E-state index contributed by atoms with van der Waals surface area (Å²) < 4.78 is 0. The third-order valence-electron chi connectivity index (χ3n) is 2.45. The van der Waals surface area contributed by atoms with E-state index in [1.807, 2.05) is 0 Å². The Hall–Kier alpha value is -1.43. The molecule has 0 bridgehead atoms. The zero-order chi connectivity index (χ0) is 12.8. The molecule has 0 spiro atoms. The molecule has 0 fully saturated rings. The predicted molar refractivity (Wildman–Crippen MR) is 62.7 cm³/mol. The van der Waals surface area contributed by atoms with E-state index in [0.717, 1.165) is 0 Å². The summed E-state index contributed by atoms with van der Waals surface area (Å²) in [5, 5.41) is 30.7. The Morgan fingerprint density at radius 3 is 2.35 bits per heavy atom. The first-order valence-electron chi connectivity index (χ1n) is 5.36. The average molecular weight is 239 g/mol. The lowest BCUT2D eigenvalue weighted by Gasteiger charge is -2.17. The number of aliphatic carboxylic acids is 1. The zero-order valence-electron chi connectivity index (χ0n) is 9.63. The number of hydrogen-bond acceptors (Lipinski definition) is 4. The highest BCUT2D eigenvalue weighted by molar-refractivity contribution is 5.70. The maximum absolute atomic E-state index is 10.5. The topological polar surface area (TPSA) is 89.8 Å². The van der Waals surface area contributed by atoms with E-state index in [1.165, 1.54) is 0 Å². The van der Waals surface area contributed by atoms with Gasteiger partial charge in [-0.25, -0.2) is 0 Å². The minimum Gasteiger partial charge on any atom is -0.481 e. The van der Waals surface area contributed by atoms with Crippen LogP contribution < -0.4 is 5.32 Å². The quantitative estimate of drug-likeness (QED) is 0.558. The van der Waals surface area contributed by atoms with Gasteiger partial charge in [-0.3, -0.25) is 4.79 Å². The monoisotopic (exact) mass is 239 g/mol. The number of hydrogen-bond donors (Lipinski definition) is 4. The summed E-state index contributed by atoms with van der Waals surface area (Å²) in [6.45, 7) is 0.290. The first kappa shape index (κ1) is 13.6. The molecule has 94 valence electrons. The molecule has 17 heavy (non-hydrogen) atoms. The predicted octanol–water partition coefficient (Wildman–Crippen LogP) is -0.0726. The molecule has 5 heteroatoms. The number of carboxylic acids is 1. The van der Waals surface area contributed by atoms with Crippen molar-refractivity contribution in [2.24, 2.45) is 0 Å². The van der Waals surface area contributed by atoms with Gasteiger partial charge in [0.1, 0.15) is 6.10 Å². The molecule has 0 saturated heterocycles. The molecule has 1 aromatic rings. The van der Waals surface area contributed by atoms with Gasteiger partial charge in [-0.2, -0.15) is 0 Å². The molecule has 0 radical (unpaired) electrons. The molecular weight excluding hydrogens is 222 g/mol. The van der Waals surface area contributed by atoms with Crippen LogP contribution in [-0.2, 0) is 11.2 Å². The molecular formula is C12H17NO4. The summed E-state index contributed by atoms with van der Waals surface area (Å²) in [5.74, 6) is -0.895. The molecule has 2 atom stereocenters. The highest BCUT2D eigenvalue weighted by Crippen LogP contribution is 2.17. The second kappa shape index (κ2) is 6.34. The van der Waals surface area contributed by atoms with Crippen molar-refractivity contribution in [1.82, 2.24) is 5.32 Å². The van der Waals surface area contributed by atoms with Crippen molar-refractivity contribution in [1.29, 1.82) is 0 Å². The number of carboxylic acid groups (broad SMARTS) is 1. The smallest absolute Gasteiger partial charge is 0.307 e. The van der Waals surface area contributed by atoms with Crippen LogP contribution in [0, 0.1) is 0 Å². The van der Waals surface area contributed by atoms with Gasteiger partial charge in [0.05, 0.1) is 12.5 Å². The second-order valence-corrected chi connectivity index (χ2v) is 3.88. The lowest BCUT2D eigenvalue weighted by Crippen LogP contribution is -2.29. The van der Waals surface area contributed by atoms with E-state index < -0.39 is 18.2 Å². The molecule has 0 aliphatic rings. The van der Waals surface area contributed by atoms with Gasteiger partial charge in [-0.05, 0) is 18.2 Å². The Balaban J connectivity index is 2.69. The first-order chi connectivity index (χ1) is 8.04. The van der Waals surface area contributed by atoms with Gasteiger partial charge in [0.15, 0.2) is 0 Å². The van der Waals surface area contributed by atoms with E-state index in [4.69, 9.17) is 5.11 Å². The largest absolute Gasteiger partial charge is 0.481 e. The second-order valence-electron chi connectivity index (χ2n) is 3.88. The Morgan fingerprint density at radius 2 is 1.88 bits per heavy atom. The van der Waals surface area contributed by atoms with Crippen molar-refractivity contribution in [3.63, 3.8) is 0 Å². The van der Waals surface area contributed by atoms with Crippen molar-refractivity contribution in [3.8, 4) is 0 Å². The van der Waals surface area contributed by atoms with Crippen LogP contribution in [0.15, 0.2) is 24.3 Å². The zero-order valence-corrected chi connectivity index (χ0v) is 9.63. The molecule has 2 unspecified atom stereocenters. The van der Waals surface area contributed by atoms with Crippen LogP contribution in [0.1, 0.15) is 17.2 Å². The van der Waals surface area contributed by atoms with Crippen molar-refractivity contribution >= 4 is 5.97 Å². The number of nitrogens with one attached hydrogen (secondary N) is 1. The molecule has 1 aromatic carbocycles. The third-order valence-corrected chi connectivity index (χ3v) is 2.45. The summed E-state index contributed by atoms with van der Waals surface area (Å²) in [6.07, 6.45) is -1.90. The van der Waals surface area contributed by atoms with Crippen LogP contribution in [0.2, 0.25) is 0 Å². The SMILES string of the molecule is CNCC(O)C(O)c1ccc(CC(=O)O)cc1. The summed E-state index contributed by atoms with van der Waals surface area (Å²) in [7, 11) is 1.69. The maximum Gasteiger partial charge on any atom is 0.307 e. The van der Waals surface area contributed by atoms with Crippen LogP contribution in [-0.4, -0.2) is 41.0 Å². The maximum atomic E-state index is 10.5. The lowest BCUT2D eigenvalue weighted by molar-refractivity contribution is -0.136. The first-order valence-corrected chi connectivity index (χ1v) is 5.36. The third kappa shape index (κ3) is 4.14. The van der Waals surface area contributed by atoms with Gasteiger partial charge in [0.25, 0.3) is 0 Å². The Bertz CT molecular complexity index is 363. The van der Waals surface area contributed by atoms with Gasteiger partial charge < -0.3 is 20.6 Å². The molecule has 1 rings (SSSR count). The minimum atomic E-state index is -0.971. The van der Waals surface area contributed by atoms with Crippen molar-refractivity contribution in [2.75, 3.05) is 13.6 Å². The molecule has 0 amide bonds. The molecule has 0 saturated carbocycles. The van der Waals surface area contributed by atoms with Crippen LogP contribution in [0.3, 0.4) is 0 Å². The molecule has 4 N–H and O–H groups in total. The van der Waals surface area contributed by atoms with Gasteiger partial charge in [0.2, 0.25) is 0 Å². The number of likely N-dealkylation sites (N-methyl/N-ethyl adjacent to an activating group) is 1. The van der Waals surface area contributed by atoms with Gasteiger partial charge >= 0.3 is 5.97 Å². The van der Waals surface area contributed by atoms with Crippen molar-refractivity contribution in [2.45, 2.75) is 18.6 Å². The van der Waals surface area contributed by atoms with Gasteiger partial charge in [0, 0.05) is 6.54 Å². The fraction of sp³-hybridized carbons (Fsp3) is 0.417. The Morgan fingerprint density at radius 1 is 1.29 bits per heavy atom. The number of carbonyl (C=O) groups is 1. The van der Waals surface area contributed by atoms with E-state index in [2.05, 4.69) is 5.32 Å². The van der Waals surface area contributed by atoms with Crippen LogP contribution >= 0.6 is 0 Å². The van der Waals surface area contributed by atoms with E-state index >= 15 is 0 Å². The highest BCUT2D eigenvalue weighted by atomic mass is 16.4. The Labute approximate surface area is 99.7 Å². The fourth-order valence-electron chi connectivity index (χ4n) is 1.55. The van der Waals surface area contributed by atoms with Gasteiger partial charge in [-0.1, -0.05) is 24.3 Å². The van der Waals surface area contributed by atoms with E-state index in [1.54, 1.807) is 31.3 Å². The fourth-order valence-corrected chi connectivity index (χ4v) is 1.55. The highest BCUT2D eigenvalue weighted by Gasteiger charge is 2.17. The number of rotatable bonds is 6. The van der Waals surface area contributed by atoms with E-state index in [0.29, 0.717) is 11.1 Å². The van der Waals surface area contributed by atoms with E-state index in [-0.39, 0.29) is 13.0 Å². The van der Waals surface area contributed by atoms with Crippen molar-refractivity contribution < 1.29 is 20.1 Å². The minimum absolute atomic E-state index is 0.0462. The molecule has 5 nitrogen and oxygen atoms in total. The molecule has 0 aliphatic carbocycles. The summed E-state index contributed by atoms with van der Waals surface area (Å²) >= 11 is 0. The molecule has 0 heterocycles. The summed E-state index contributed by atoms with van der Waals surface area (Å²) in [6, 6.07) is 6.53. The normalized spacial score (nSPS) is 14.3. The standard InChI is InChI=1S/C12H17NO4/c1-13-7-10(14)12(17)9-4-2-8(3-5-9)6-11(15)16/h2-5,10,12-14,17H,6-7H2,1H3,(H,15,16). The number of aliphatic hydroxyl groups excluding tert-OH is 2. The average Bonchev–Trinajstić information content (AvgIpc) is 2.28. The Kier molecular flexibility index (Phi) is 5.09. The van der Waals surface area contributed by atoms with Crippen LogP contribution in [0.5, 0.6) is 0 Å². The number of benzene rings is 1. The van der Waals surface area contributed by atoms with Crippen molar-refractivity contribution in [3.05, 3.63) is 35.4 Å². The van der Waals surface area contributed by atoms with Crippen LogP contribution in [0.25, 0.3) is 0 Å². The van der Waals surface area contributed by atoms with Crippen LogP contribution in [0.4, 0.5) is 0 Å².